The molecule has 0 saturated carbocycles. The van der Waals surface area contributed by atoms with Crippen molar-refractivity contribution in [3.8, 4) is 0 Å². The van der Waals surface area contributed by atoms with E-state index in [4.69, 9.17) is 5.11 Å². The molecule has 0 aliphatic carbocycles. The fraction of sp³-hybridized carbons (Fsp3) is 0.500. The first-order chi connectivity index (χ1) is 6.88. The van der Waals surface area contributed by atoms with Gasteiger partial charge in [-0.15, -0.1) is 0 Å². The summed E-state index contributed by atoms with van der Waals surface area (Å²) in [5.41, 5.74) is -0.0114. The van der Waals surface area contributed by atoms with Crippen molar-refractivity contribution in [2.45, 2.75) is 33.5 Å². The Hall–Kier alpha value is -1.49. The monoisotopic (exact) mass is 214 g/mol. The average Bonchev–Trinajstić information content (AvgIpc) is 2.15. The van der Waals surface area contributed by atoms with E-state index in [9.17, 15) is 14.4 Å². The van der Waals surface area contributed by atoms with Gasteiger partial charge in [0.2, 0.25) is 11.6 Å². The molecule has 1 N–H and O–H groups in total. The van der Waals surface area contributed by atoms with Gasteiger partial charge in [-0.2, -0.15) is 0 Å². The van der Waals surface area contributed by atoms with Gasteiger partial charge in [0.1, 0.15) is 0 Å². The molecule has 0 aromatic rings. The van der Waals surface area contributed by atoms with E-state index in [-0.39, 0.29) is 12.0 Å². The zero-order chi connectivity index (χ0) is 12.0. The highest BCUT2D eigenvalue weighted by Gasteiger charge is 2.13. The van der Waals surface area contributed by atoms with Crippen LogP contribution >= 0.6 is 0 Å². The number of hydrogen-bond acceptors (Lipinski definition) is 5. The maximum atomic E-state index is 11.1. The number of hydrogen-bond donors (Lipinski definition) is 1. The summed E-state index contributed by atoms with van der Waals surface area (Å²) in [6.45, 7) is 4.16. The zero-order valence-electron chi connectivity index (χ0n) is 8.94. The molecule has 5 nitrogen and oxygen atoms in total. The van der Waals surface area contributed by atoms with Crippen molar-refractivity contribution in [3.63, 3.8) is 0 Å². The van der Waals surface area contributed by atoms with E-state index < -0.39 is 23.8 Å². The summed E-state index contributed by atoms with van der Waals surface area (Å²) in [6.07, 6.45) is -0.234. The van der Waals surface area contributed by atoms with Crippen LogP contribution in [0.15, 0.2) is 11.6 Å². The summed E-state index contributed by atoms with van der Waals surface area (Å²) in [6, 6.07) is 0. The molecule has 0 aliphatic rings. The Morgan fingerprint density at radius 1 is 1.40 bits per heavy atom. The third-order valence-electron chi connectivity index (χ3n) is 1.54. The highest BCUT2D eigenvalue weighted by Crippen LogP contribution is 2.00. The number of rotatable bonds is 5. The molecule has 0 spiro atoms. The van der Waals surface area contributed by atoms with E-state index in [1.165, 1.54) is 13.8 Å². The predicted molar refractivity (Wildman–Crippen MR) is 51.8 cm³/mol. The maximum Gasteiger partial charge on any atom is 0.336 e. The van der Waals surface area contributed by atoms with Gasteiger partial charge >= 0.3 is 5.97 Å². The molecule has 0 amide bonds. The third kappa shape index (κ3) is 5.07. The molecule has 0 radical (unpaired) electrons. The molecule has 1 atom stereocenters. The van der Waals surface area contributed by atoms with Crippen LogP contribution in [0, 0.1) is 0 Å². The lowest BCUT2D eigenvalue weighted by Crippen LogP contribution is -2.17. The molecule has 0 aliphatic heterocycles. The van der Waals surface area contributed by atoms with E-state index in [1.54, 1.807) is 6.92 Å². The topological polar surface area (TPSA) is 80.7 Å². The van der Waals surface area contributed by atoms with Crippen molar-refractivity contribution in [2.75, 3.05) is 0 Å². The maximum absolute atomic E-state index is 11.1. The molecule has 5 heteroatoms. The molecule has 0 bridgehead atoms. The summed E-state index contributed by atoms with van der Waals surface area (Å²) in [7, 11) is 0. The molecule has 0 aromatic heterocycles. The van der Waals surface area contributed by atoms with Crippen molar-refractivity contribution in [1.29, 1.82) is 0 Å². The fourth-order valence-electron chi connectivity index (χ4n) is 0.758. The van der Waals surface area contributed by atoms with Gasteiger partial charge < -0.3 is 9.84 Å². The molecule has 1 unspecified atom stereocenters. The quantitative estimate of drug-likeness (QED) is 0.309. The minimum Gasteiger partial charge on any atom is -0.433 e. The first kappa shape index (κ1) is 13.5. The zero-order valence-corrected chi connectivity index (χ0v) is 8.94. The number of Topliss-reactive ketones (excluding diaryl/α,β-unsaturated/α-hetero) is 1. The Morgan fingerprint density at radius 2 is 1.93 bits per heavy atom. The highest BCUT2D eigenvalue weighted by molar-refractivity contribution is 6.42. The van der Waals surface area contributed by atoms with E-state index in [0.717, 1.165) is 6.08 Å². The molecule has 0 heterocycles. The molecule has 84 valence electrons. The number of aliphatic hydroxyl groups is 1. The average molecular weight is 214 g/mol. The van der Waals surface area contributed by atoms with Crippen LogP contribution in [0.25, 0.3) is 0 Å². The molecular weight excluding hydrogens is 200 g/mol. The van der Waals surface area contributed by atoms with E-state index in [0.29, 0.717) is 0 Å². The van der Waals surface area contributed by atoms with Crippen molar-refractivity contribution >= 4 is 17.5 Å². The number of carbonyl (C=O) groups is 3. The first-order valence-corrected chi connectivity index (χ1v) is 4.53. The summed E-state index contributed by atoms with van der Waals surface area (Å²) in [5.74, 6) is -2.13. The normalized spacial score (nSPS) is 13.2. The summed E-state index contributed by atoms with van der Waals surface area (Å²) in [4.78, 5) is 33.1. The van der Waals surface area contributed by atoms with Crippen LogP contribution in [-0.4, -0.2) is 28.9 Å². The number of aliphatic hydroxyl groups excluding tert-OH is 1. The number of allylic oxidation sites excluding steroid dienone is 1. The second kappa shape index (κ2) is 6.08. The molecule has 0 fully saturated rings. The smallest absolute Gasteiger partial charge is 0.336 e. The van der Waals surface area contributed by atoms with Crippen molar-refractivity contribution in [3.05, 3.63) is 11.6 Å². The largest absolute Gasteiger partial charge is 0.433 e. The van der Waals surface area contributed by atoms with Gasteiger partial charge in [0, 0.05) is 12.0 Å². The third-order valence-corrected chi connectivity index (χ3v) is 1.54. The minimum atomic E-state index is -1.24. The van der Waals surface area contributed by atoms with Gasteiger partial charge in [-0.05, 0) is 19.9 Å². The van der Waals surface area contributed by atoms with Crippen molar-refractivity contribution < 1.29 is 24.2 Å². The molecule has 0 aromatic carbocycles. The van der Waals surface area contributed by atoms with Crippen molar-refractivity contribution in [1.82, 2.24) is 0 Å². The Bertz CT molecular complexity index is 301. The van der Waals surface area contributed by atoms with Crippen LogP contribution in [-0.2, 0) is 19.1 Å². The molecular formula is C10H14O5. The second-order valence-corrected chi connectivity index (χ2v) is 2.97. The highest BCUT2D eigenvalue weighted by atomic mass is 16.6. The lowest BCUT2D eigenvalue weighted by molar-refractivity contribution is -0.159. The summed E-state index contributed by atoms with van der Waals surface area (Å²) < 4.78 is 4.41. The van der Waals surface area contributed by atoms with Gasteiger partial charge in [-0.3, -0.25) is 9.59 Å². The number of ether oxygens (including phenoxy) is 1. The summed E-state index contributed by atoms with van der Waals surface area (Å²) in [5, 5.41) is 8.74. The van der Waals surface area contributed by atoms with E-state index >= 15 is 0 Å². The van der Waals surface area contributed by atoms with Gasteiger partial charge in [-0.1, -0.05) is 6.92 Å². The molecule has 0 saturated heterocycles. The summed E-state index contributed by atoms with van der Waals surface area (Å²) >= 11 is 0. The van der Waals surface area contributed by atoms with Gasteiger partial charge in [0.25, 0.3) is 0 Å². The van der Waals surface area contributed by atoms with Gasteiger partial charge in [-0.25, -0.2) is 4.79 Å². The lowest BCUT2D eigenvalue weighted by atomic mass is 10.1. The Labute approximate surface area is 87.7 Å². The van der Waals surface area contributed by atoms with Gasteiger partial charge in [0.15, 0.2) is 6.29 Å². The van der Waals surface area contributed by atoms with E-state index in [1.807, 2.05) is 0 Å². The van der Waals surface area contributed by atoms with Gasteiger partial charge in [0.05, 0.1) is 0 Å². The number of carbonyl (C=O) groups excluding carboxylic acids is 3. The standard InChI is InChI=1S/C10H14O5/c1-4-8(12)9(13)5-6(2)10(14)15-7(3)11/h5,7,11H,4H2,1-3H3/b6-5+. The van der Waals surface area contributed by atoms with E-state index in [2.05, 4.69) is 4.74 Å². The number of ketones is 2. The second-order valence-electron chi connectivity index (χ2n) is 2.97. The molecule has 15 heavy (non-hydrogen) atoms. The lowest BCUT2D eigenvalue weighted by Gasteiger charge is -2.06. The van der Waals surface area contributed by atoms with Crippen LogP contribution in [0.4, 0.5) is 0 Å². The van der Waals surface area contributed by atoms with Crippen LogP contribution in [0.2, 0.25) is 0 Å². The predicted octanol–water partition coefficient (Wildman–Crippen LogP) is 0.362. The van der Waals surface area contributed by atoms with Crippen LogP contribution in [0.5, 0.6) is 0 Å². The number of esters is 1. The molecule has 0 rings (SSSR count). The minimum absolute atomic E-state index is 0.0114. The van der Waals surface area contributed by atoms with Crippen LogP contribution in [0.1, 0.15) is 27.2 Å². The van der Waals surface area contributed by atoms with Crippen molar-refractivity contribution in [2.24, 2.45) is 0 Å². The van der Waals surface area contributed by atoms with Crippen LogP contribution in [0.3, 0.4) is 0 Å². The fourth-order valence-corrected chi connectivity index (χ4v) is 0.758. The van der Waals surface area contributed by atoms with Crippen LogP contribution < -0.4 is 0 Å². The Morgan fingerprint density at radius 3 is 2.33 bits per heavy atom. The Kier molecular flexibility index (Phi) is 5.48. The first-order valence-electron chi connectivity index (χ1n) is 4.53. The Balaban J connectivity index is 4.49. The SMILES string of the molecule is CCC(=O)C(=O)/C=C(\C)C(=O)OC(C)O.